The van der Waals surface area contributed by atoms with Gasteiger partial charge in [0.25, 0.3) is 0 Å². The van der Waals surface area contributed by atoms with Gasteiger partial charge < -0.3 is 14.5 Å². The Labute approximate surface area is 148 Å². The van der Waals surface area contributed by atoms with Crippen molar-refractivity contribution in [2.75, 3.05) is 26.3 Å². The van der Waals surface area contributed by atoms with E-state index in [0.717, 1.165) is 22.8 Å². The van der Waals surface area contributed by atoms with Crippen molar-refractivity contribution in [3.05, 3.63) is 59.2 Å². The summed E-state index contributed by atoms with van der Waals surface area (Å²) in [6, 6.07) is 11.8. The molecule has 0 unspecified atom stereocenters. The second kappa shape index (κ2) is 8.07. The molecule has 3 rings (SSSR count). The van der Waals surface area contributed by atoms with Crippen LogP contribution in [0.1, 0.15) is 22.8 Å². The van der Waals surface area contributed by atoms with E-state index in [1.807, 2.05) is 60.0 Å². The van der Waals surface area contributed by atoms with Crippen LogP contribution in [0.25, 0.3) is 0 Å². The fraction of sp³-hybridized carbons (Fsp3) is 0.421. The van der Waals surface area contributed by atoms with Crippen LogP contribution in [0.4, 0.5) is 4.79 Å². The van der Waals surface area contributed by atoms with Crippen LogP contribution < -0.4 is 0 Å². The molecule has 1 fully saturated rings. The molecule has 1 saturated heterocycles. The van der Waals surface area contributed by atoms with Crippen molar-refractivity contribution in [2.45, 2.75) is 26.9 Å². The van der Waals surface area contributed by atoms with Crippen LogP contribution in [0.2, 0.25) is 0 Å². The molecule has 0 atom stereocenters. The first-order chi connectivity index (χ1) is 12.1. The summed E-state index contributed by atoms with van der Waals surface area (Å²) in [5.41, 5.74) is 3.67. The first-order valence-corrected chi connectivity index (χ1v) is 8.58. The number of hydrogen-bond donors (Lipinski definition) is 0. The highest BCUT2D eigenvalue weighted by Gasteiger charge is 2.24. The van der Waals surface area contributed by atoms with Gasteiger partial charge >= 0.3 is 6.03 Å². The number of aryl methyl sites for hydroxylation is 2. The third kappa shape index (κ3) is 4.76. The minimum absolute atomic E-state index is 0.00918. The second-order valence-corrected chi connectivity index (χ2v) is 6.28. The normalized spacial score (nSPS) is 14.4. The van der Waals surface area contributed by atoms with Gasteiger partial charge in [0, 0.05) is 24.5 Å². The van der Waals surface area contributed by atoms with Crippen LogP contribution >= 0.6 is 0 Å². The molecule has 2 aromatic rings. The number of aromatic nitrogens is 2. The Hall–Kier alpha value is -2.47. The lowest BCUT2D eigenvalue weighted by atomic mass is 10.2. The number of ether oxygens (including phenoxy) is 1. The van der Waals surface area contributed by atoms with Gasteiger partial charge in [-0.2, -0.15) is 0 Å². The molecule has 0 radical (unpaired) electrons. The molecular formula is C19H24N4O2. The highest BCUT2D eigenvalue weighted by molar-refractivity contribution is 5.74. The number of pyridine rings is 2. The topological polar surface area (TPSA) is 58.6 Å². The van der Waals surface area contributed by atoms with Crippen LogP contribution in [-0.4, -0.2) is 52.1 Å². The first kappa shape index (κ1) is 17.4. The van der Waals surface area contributed by atoms with Crippen molar-refractivity contribution < 1.29 is 9.53 Å². The smallest absolute Gasteiger partial charge is 0.320 e. The SMILES string of the molecule is Cc1cccc(CN(Cc2cccc(C)n2)C(=O)N2CCOCC2)n1. The van der Waals surface area contributed by atoms with Crippen molar-refractivity contribution in [1.82, 2.24) is 19.8 Å². The number of rotatable bonds is 4. The first-order valence-electron chi connectivity index (χ1n) is 8.58. The zero-order chi connectivity index (χ0) is 17.6. The molecule has 6 heteroatoms. The zero-order valence-electron chi connectivity index (χ0n) is 14.8. The van der Waals surface area contributed by atoms with Crippen LogP contribution in [-0.2, 0) is 17.8 Å². The van der Waals surface area contributed by atoms with Gasteiger partial charge in [0.05, 0.1) is 37.7 Å². The third-order valence-electron chi connectivity index (χ3n) is 4.15. The number of urea groups is 1. The fourth-order valence-corrected chi connectivity index (χ4v) is 2.91. The summed E-state index contributed by atoms with van der Waals surface area (Å²) < 4.78 is 5.36. The van der Waals surface area contributed by atoms with Crippen molar-refractivity contribution in [2.24, 2.45) is 0 Å². The molecule has 3 heterocycles. The van der Waals surface area contributed by atoms with E-state index in [4.69, 9.17) is 4.74 Å². The number of nitrogens with zero attached hydrogens (tertiary/aromatic N) is 4. The van der Waals surface area contributed by atoms with Crippen molar-refractivity contribution >= 4 is 6.03 Å². The molecule has 2 aromatic heterocycles. The molecule has 0 N–H and O–H groups in total. The minimum atomic E-state index is 0.00918. The number of morpholine rings is 1. The van der Waals surface area contributed by atoms with E-state index in [2.05, 4.69) is 9.97 Å². The maximum absolute atomic E-state index is 13.0. The zero-order valence-corrected chi connectivity index (χ0v) is 14.8. The van der Waals surface area contributed by atoms with Crippen LogP contribution in [0.3, 0.4) is 0 Å². The average Bonchev–Trinajstić information content (AvgIpc) is 2.61. The van der Waals surface area contributed by atoms with Gasteiger partial charge in [0.15, 0.2) is 0 Å². The number of hydrogen-bond acceptors (Lipinski definition) is 4. The minimum Gasteiger partial charge on any atom is -0.378 e. The summed E-state index contributed by atoms with van der Waals surface area (Å²) in [7, 11) is 0. The molecule has 6 nitrogen and oxygen atoms in total. The highest BCUT2D eigenvalue weighted by Crippen LogP contribution is 2.13. The summed E-state index contributed by atoms with van der Waals surface area (Å²) in [5.74, 6) is 0. The van der Waals surface area contributed by atoms with Gasteiger partial charge in [-0.05, 0) is 38.1 Å². The van der Waals surface area contributed by atoms with E-state index in [1.54, 1.807) is 0 Å². The van der Waals surface area contributed by atoms with Gasteiger partial charge in [-0.1, -0.05) is 12.1 Å². The molecular weight excluding hydrogens is 316 g/mol. The van der Waals surface area contributed by atoms with Gasteiger partial charge in [-0.15, -0.1) is 0 Å². The Morgan fingerprint density at radius 2 is 1.52 bits per heavy atom. The van der Waals surface area contributed by atoms with E-state index < -0.39 is 0 Å². The molecule has 2 amide bonds. The highest BCUT2D eigenvalue weighted by atomic mass is 16.5. The monoisotopic (exact) mass is 340 g/mol. The molecule has 1 aliphatic rings. The van der Waals surface area contributed by atoms with Crippen LogP contribution in [0.5, 0.6) is 0 Å². The summed E-state index contributed by atoms with van der Waals surface area (Å²) in [4.78, 5) is 25.8. The van der Waals surface area contributed by atoms with Gasteiger partial charge in [-0.25, -0.2) is 4.79 Å². The molecule has 0 spiro atoms. The van der Waals surface area contributed by atoms with Crippen LogP contribution in [0.15, 0.2) is 36.4 Å². The standard InChI is InChI=1S/C19H24N4O2/c1-15-5-3-7-17(20-15)13-23(14-18-8-4-6-16(2)21-18)19(24)22-9-11-25-12-10-22/h3-8H,9-14H2,1-2H3. The number of carbonyl (C=O) groups is 1. The molecule has 25 heavy (non-hydrogen) atoms. The lowest BCUT2D eigenvalue weighted by Crippen LogP contribution is -2.47. The lowest BCUT2D eigenvalue weighted by Gasteiger charge is -2.32. The van der Waals surface area contributed by atoms with E-state index in [-0.39, 0.29) is 6.03 Å². The Morgan fingerprint density at radius 1 is 1.00 bits per heavy atom. The summed E-state index contributed by atoms with van der Waals surface area (Å²) in [6.07, 6.45) is 0. The quantitative estimate of drug-likeness (QED) is 0.858. The average molecular weight is 340 g/mol. The van der Waals surface area contributed by atoms with E-state index >= 15 is 0 Å². The van der Waals surface area contributed by atoms with Crippen molar-refractivity contribution in [1.29, 1.82) is 0 Å². The van der Waals surface area contributed by atoms with E-state index in [1.165, 1.54) is 0 Å². The molecule has 1 aliphatic heterocycles. The maximum Gasteiger partial charge on any atom is 0.320 e. The molecule has 0 aliphatic carbocycles. The van der Waals surface area contributed by atoms with E-state index in [9.17, 15) is 4.79 Å². The summed E-state index contributed by atoms with van der Waals surface area (Å²) >= 11 is 0. The summed E-state index contributed by atoms with van der Waals surface area (Å²) in [6.45, 7) is 7.27. The van der Waals surface area contributed by atoms with Crippen molar-refractivity contribution in [3.8, 4) is 0 Å². The van der Waals surface area contributed by atoms with Gasteiger partial charge in [-0.3, -0.25) is 9.97 Å². The van der Waals surface area contributed by atoms with Crippen molar-refractivity contribution in [3.63, 3.8) is 0 Å². The predicted molar refractivity (Wildman–Crippen MR) is 95.0 cm³/mol. The Morgan fingerprint density at radius 3 is 2.00 bits per heavy atom. The Kier molecular flexibility index (Phi) is 5.60. The largest absolute Gasteiger partial charge is 0.378 e. The molecule has 0 saturated carbocycles. The third-order valence-corrected chi connectivity index (χ3v) is 4.15. The second-order valence-electron chi connectivity index (χ2n) is 6.28. The molecule has 0 bridgehead atoms. The Bertz CT molecular complexity index is 681. The van der Waals surface area contributed by atoms with E-state index in [0.29, 0.717) is 39.4 Å². The lowest BCUT2D eigenvalue weighted by molar-refractivity contribution is 0.0416. The summed E-state index contributed by atoms with van der Waals surface area (Å²) in [5, 5.41) is 0. The number of carbonyl (C=O) groups excluding carboxylic acids is 1. The predicted octanol–water partition coefficient (Wildman–Crippen LogP) is 2.55. The molecule has 0 aromatic carbocycles. The van der Waals surface area contributed by atoms with Gasteiger partial charge in [0.1, 0.15) is 0 Å². The van der Waals surface area contributed by atoms with Gasteiger partial charge in [0.2, 0.25) is 0 Å². The molecule has 132 valence electrons. The number of amides is 2. The Balaban J connectivity index is 1.80. The van der Waals surface area contributed by atoms with Crippen LogP contribution in [0, 0.1) is 13.8 Å². The fourth-order valence-electron chi connectivity index (χ4n) is 2.91. The maximum atomic E-state index is 13.0.